The Balaban J connectivity index is 1.73. The summed E-state index contributed by atoms with van der Waals surface area (Å²) in [6.45, 7) is 3.17. The van der Waals surface area contributed by atoms with Crippen LogP contribution in [0.15, 0.2) is 22.7 Å². The van der Waals surface area contributed by atoms with Gasteiger partial charge in [-0.05, 0) is 37.0 Å². The maximum Gasteiger partial charge on any atom is 0.234 e. The molecule has 0 aliphatic heterocycles. The normalized spacial score (nSPS) is 14.7. The summed E-state index contributed by atoms with van der Waals surface area (Å²) in [5, 5.41) is 6.10. The molecule has 3 nitrogen and oxygen atoms in total. The van der Waals surface area contributed by atoms with Crippen LogP contribution in [0.5, 0.6) is 0 Å². The number of nitrogens with one attached hydrogen (secondary N) is 2. The molecule has 4 heteroatoms. The van der Waals surface area contributed by atoms with E-state index in [4.69, 9.17) is 0 Å². The highest BCUT2D eigenvalue weighted by Gasteiger charge is 2.22. The molecule has 0 unspecified atom stereocenters. The molecule has 1 aliphatic rings. The van der Waals surface area contributed by atoms with Gasteiger partial charge in [0.2, 0.25) is 5.91 Å². The number of carbonyl (C=O) groups is 1. The van der Waals surface area contributed by atoms with Gasteiger partial charge in [0.05, 0.1) is 6.54 Å². The number of hydrogen-bond donors (Lipinski definition) is 2. The molecule has 1 saturated carbocycles. The second-order valence-electron chi connectivity index (χ2n) is 4.53. The van der Waals surface area contributed by atoms with Crippen molar-refractivity contribution in [1.82, 2.24) is 10.6 Å². The Morgan fingerprint density at radius 2 is 2.24 bits per heavy atom. The van der Waals surface area contributed by atoms with Crippen LogP contribution >= 0.6 is 15.9 Å². The summed E-state index contributed by atoms with van der Waals surface area (Å²) in [5.41, 5.74) is 2.40. The molecule has 92 valence electrons. The van der Waals surface area contributed by atoms with Gasteiger partial charge in [0.15, 0.2) is 0 Å². The van der Waals surface area contributed by atoms with Gasteiger partial charge < -0.3 is 10.6 Å². The van der Waals surface area contributed by atoms with Crippen LogP contribution in [0, 0.1) is 6.92 Å². The Morgan fingerprint density at radius 3 is 2.88 bits per heavy atom. The molecule has 0 aromatic heterocycles. The number of hydrogen-bond acceptors (Lipinski definition) is 2. The molecule has 1 aromatic carbocycles. The van der Waals surface area contributed by atoms with Crippen molar-refractivity contribution in [3.63, 3.8) is 0 Å². The van der Waals surface area contributed by atoms with Crippen molar-refractivity contribution >= 4 is 21.8 Å². The number of aryl methyl sites for hydroxylation is 1. The lowest BCUT2D eigenvalue weighted by Crippen LogP contribution is -2.34. The van der Waals surface area contributed by atoms with E-state index in [2.05, 4.69) is 51.7 Å². The maximum atomic E-state index is 11.4. The van der Waals surface area contributed by atoms with Crippen LogP contribution in [0.4, 0.5) is 0 Å². The Kier molecular flexibility index (Phi) is 4.18. The zero-order chi connectivity index (χ0) is 12.3. The maximum absolute atomic E-state index is 11.4. The van der Waals surface area contributed by atoms with Crippen LogP contribution in [0.2, 0.25) is 0 Å². The molecular weight excluding hydrogens is 280 g/mol. The molecule has 0 radical (unpaired) electrons. The summed E-state index contributed by atoms with van der Waals surface area (Å²) in [7, 11) is 0. The second-order valence-corrected chi connectivity index (χ2v) is 5.38. The zero-order valence-electron chi connectivity index (χ0n) is 9.92. The molecule has 0 atom stereocenters. The third kappa shape index (κ3) is 4.13. The monoisotopic (exact) mass is 296 g/mol. The number of amides is 1. The van der Waals surface area contributed by atoms with Gasteiger partial charge in [0, 0.05) is 17.1 Å². The molecule has 0 heterocycles. The largest absolute Gasteiger partial charge is 0.352 e. The quantitative estimate of drug-likeness (QED) is 0.874. The first-order chi connectivity index (χ1) is 8.15. The molecule has 0 spiro atoms. The van der Waals surface area contributed by atoms with Crippen molar-refractivity contribution in [1.29, 1.82) is 0 Å². The van der Waals surface area contributed by atoms with E-state index in [0.29, 0.717) is 12.6 Å². The Morgan fingerprint density at radius 1 is 1.47 bits per heavy atom. The number of carbonyl (C=O) groups excluding carboxylic acids is 1. The summed E-state index contributed by atoms with van der Waals surface area (Å²) in [6.07, 6.45) is 2.27. The number of benzene rings is 1. The van der Waals surface area contributed by atoms with Gasteiger partial charge in [-0.25, -0.2) is 0 Å². The average Bonchev–Trinajstić information content (AvgIpc) is 3.07. The predicted molar refractivity (Wildman–Crippen MR) is 71.8 cm³/mol. The van der Waals surface area contributed by atoms with Crippen LogP contribution in [0.1, 0.15) is 24.0 Å². The average molecular weight is 297 g/mol. The fraction of sp³-hybridized carbons (Fsp3) is 0.462. The summed E-state index contributed by atoms with van der Waals surface area (Å²) < 4.78 is 1.11. The highest BCUT2D eigenvalue weighted by molar-refractivity contribution is 9.10. The van der Waals surface area contributed by atoms with E-state index in [9.17, 15) is 4.79 Å². The van der Waals surface area contributed by atoms with Crippen molar-refractivity contribution in [2.24, 2.45) is 0 Å². The predicted octanol–water partition coefficient (Wildman–Crippen LogP) is 2.13. The summed E-state index contributed by atoms with van der Waals surface area (Å²) in [4.78, 5) is 11.4. The summed E-state index contributed by atoms with van der Waals surface area (Å²) in [5.74, 6) is 0.0960. The van der Waals surface area contributed by atoms with E-state index in [1.54, 1.807) is 0 Å². The van der Waals surface area contributed by atoms with Gasteiger partial charge >= 0.3 is 0 Å². The summed E-state index contributed by atoms with van der Waals surface area (Å²) >= 11 is 3.50. The highest BCUT2D eigenvalue weighted by Crippen LogP contribution is 2.18. The van der Waals surface area contributed by atoms with Crippen molar-refractivity contribution < 1.29 is 4.79 Å². The topological polar surface area (TPSA) is 41.1 Å². The van der Waals surface area contributed by atoms with Crippen LogP contribution in [-0.2, 0) is 11.3 Å². The van der Waals surface area contributed by atoms with Crippen molar-refractivity contribution in [3.8, 4) is 0 Å². The first kappa shape index (κ1) is 12.6. The van der Waals surface area contributed by atoms with Gasteiger partial charge in [0.1, 0.15) is 0 Å². The molecule has 0 bridgehead atoms. The van der Waals surface area contributed by atoms with Crippen LogP contribution in [0.25, 0.3) is 0 Å². The van der Waals surface area contributed by atoms with Gasteiger partial charge in [-0.3, -0.25) is 4.79 Å². The molecule has 1 amide bonds. The molecule has 1 aromatic rings. The van der Waals surface area contributed by atoms with Crippen LogP contribution in [-0.4, -0.2) is 18.5 Å². The molecule has 17 heavy (non-hydrogen) atoms. The standard InChI is InChI=1S/C13H17BrN2O/c1-9-2-3-10(6-12(9)14)7-15-8-13(17)16-11-4-5-11/h2-3,6,11,15H,4-5,7-8H2,1H3,(H,16,17). The van der Waals surface area contributed by atoms with Crippen LogP contribution in [0.3, 0.4) is 0 Å². The third-order valence-corrected chi connectivity index (χ3v) is 3.65. The fourth-order valence-electron chi connectivity index (χ4n) is 1.57. The first-order valence-electron chi connectivity index (χ1n) is 5.90. The molecule has 0 saturated heterocycles. The number of halogens is 1. The van der Waals surface area contributed by atoms with Gasteiger partial charge in [-0.15, -0.1) is 0 Å². The number of rotatable bonds is 5. The first-order valence-corrected chi connectivity index (χ1v) is 6.69. The van der Waals surface area contributed by atoms with Gasteiger partial charge in [-0.2, -0.15) is 0 Å². The Labute approximate surface area is 110 Å². The minimum Gasteiger partial charge on any atom is -0.352 e. The SMILES string of the molecule is Cc1ccc(CNCC(=O)NC2CC2)cc1Br. The minimum atomic E-state index is 0.0960. The van der Waals surface area contributed by atoms with Crippen molar-refractivity contribution in [2.75, 3.05) is 6.54 Å². The molecule has 1 aliphatic carbocycles. The lowest BCUT2D eigenvalue weighted by atomic mass is 10.1. The lowest BCUT2D eigenvalue weighted by molar-refractivity contribution is -0.120. The summed E-state index contributed by atoms with van der Waals surface area (Å²) in [6, 6.07) is 6.68. The van der Waals surface area contributed by atoms with Crippen LogP contribution < -0.4 is 10.6 Å². The molecule has 1 fully saturated rings. The van der Waals surface area contributed by atoms with Gasteiger partial charge in [0.25, 0.3) is 0 Å². The second kappa shape index (κ2) is 5.65. The van der Waals surface area contributed by atoms with E-state index in [1.165, 1.54) is 11.1 Å². The zero-order valence-corrected chi connectivity index (χ0v) is 11.5. The van der Waals surface area contributed by atoms with Crippen molar-refractivity contribution in [3.05, 3.63) is 33.8 Å². The fourth-order valence-corrected chi connectivity index (χ4v) is 2.00. The molecular formula is C13H17BrN2O. The van der Waals surface area contributed by atoms with Gasteiger partial charge in [-0.1, -0.05) is 28.1 Å². The highest BCUT2D eigenvalue weighted by atomic mass is 79.9. The van der Waals surface area contributed by atoms with E-state index in [1.807, 2.05) is 0 Å². The Bertz CT molecular complexity index is 416. The smallest absolute Gasteiger partial charge is 0.234 e. The van der Waals surface area contributed by atoms with E-state index in [-0.39, 0.29) is 5.91 Å². The third-order valence-electron chi connectivity index (χ3n) is 2.79. The molecule has 2 rings (SSSR count). The van der Waals surface area contributed by atoms with E-state index >= 15 is 0 Å². The molecule has 2 N–H and O–H groups in total. The van der Waals surface area contributed by atoms with Crippen molar-refractivity contribution in [2.45, 2.75) is 32.4 Å². The minimum absolute atomic E-state index is 0.0960. The van der Waals surface area contributed by atoms with E-state index < -0.39 is 0 Å². The Hall–Kier alpha value is -0.870. The lowest BCUT2D eigenvalue weighted by Gasteiger charge is -2.07. The van der Waals surface area contributed by atoms with E-state index in [0.717, 1.165) is 23.9 Å².